The maximum atomic E-state index is 10.6. The molecule has 1 aromatic heterocycles. The molecule has 0 aliphatic carbocycles. The molecule has 4 atom stereocenters. The molecule has 1 fully saturated rings. The number of ether oxygens (including phenoxy) is 1. The molecule has 2 aromatic carbocycles. The number of aliphatic hydroxyl groups excluding tert-OH is 2. The summed E-state index contributed by atoms with van der Waals surface area (Å²) in [7, 11) is 0. The van der Waals surface area contributed by atoms with E-state index in [-0.39, 0.29) is 0 Å². The molecule has 3 aliphatic heterocycles. The molecule has 4 heterocycles. The first-order valence-corrected chi connectivity index (χ1v) is 12.4. The number of hydrazine groups is 1. The van der Waals surface area contributed by atoms with E-state index in [1.54, 1.807) is 13.3 Å². The van der Waals surface area contributed by atoms with Crippen molar-refractivity contribution >= 4 is 23.7 Å². The van der Waals surface area contributed by atoms with Crippen LogP contribution in [-0.2, 0) is 11.3 Å². The van der Waals surface area contributed by atoms with Crippen LogP contribution in [0.3, 0.4) is 0 Å². The average Bonchev–Trinajstić information content (AvgIpc) is 3.42. The Morgan fingerprint density at radius 3 is 2.53 bits per heavy atom. The highest BCUT2D eigenvalue weighted by molar-refractivity contribution is 5.99. The van der Waals surface area contributed by atoms with Gasteiger partial charge < -0.3 is 24.8 Å². The van der Waals surface area contributed by atoms with E-state index in [1.165, 1.54) is 0 Å². The number of fused-ring (bicyclic) bond motifs is 1. The van der Waals surface area contributed by atoms with Gasteiger partial charge in [0.15, 0.2) is 6.23 Å². The van der Waals surface area contributed by atoms with Gasteiger partial charge in [-0.3, -0.25) is 15.4 Å². The fraction of sp³-hybridized carbons (Fsp3) is 0.333. The number of hydrogen-bond donors (Lipinski definition) is 4. The summed E-state index contributed by atoms with van der Waals surface area (Å²) in [5.41, 5.74) is 8.52. The van der Waals surface area contributed by atoms with E-state index in [9.17, 15) is 10.2 Å². The summed E-state index contributed by atoms with van der Waals surface area (Å²) < 4.78 is 7.76. The van der Waals surface area contributed by atoms with Crippen molar-refractivity contribution in [1.82, 2.24) is 14.9 Å². The van der Waals surface area contributed by atoms with E-state index in [1.807, 2.05) is 46.1 Å². The van der Waals surface area contributed by atoms with Gasteiger partial charge in [-0.25, -0.2) is 4.99 Å². The van der Waals surface area contributed by atoms with Crippen LogP contribution >= 0.6 is 0 Å². The van der Waals surface area contributed by atoms with Crippen molar-refractivity contribution in [2.45, 2.75) is 44.4 Å². The van der Waals surface area contributed by atoms with Gasteiger partial charge in [0.2, 0.25) is 0 Å². The number of amidine groups is 1. The predicted octanol–water partition coefficient (Wildman–Crippen LogP) is 3.04. The van der Waals surface area contributed by atoms with Crippen molar-refractivity contribution < 1.29 is 14.9 Å². The second kappa shape index (κ2) is 9.42. The molecule has 4 N–H and O–H groups in total. The van der Waals surface area contributed by atoms with Crippen LogP contribution in [0.25, 0.3) is 11.1 Å². The Bertz CT molecular complexity index is 1290. The van der Waals surface area contributed by atoms with Crippen LogP contribution in [0.15, 0.2) is 70.8 Å². The minimum absolute atomic E-state index is 0.466. The molecule has 36 heavy (non-hydrogen) atoms. The lowest BCUT2D eigenvalue weighted by Crippen LogP contribution is -2.32. The summed E-state index contributed by atoms with van der Waals surface area (Å²) in [4.78, 5) is 9.30. The molecule has 0 unspecified atom stereocenters. The van der Waals surface area contributed by atoms with Crippen LogP contribution in [0.1, 0.15) is 30.7 Å². The Morgan fingerprint density at radius 2 is 1.83 bits per heavy atom. The molecule has 3 aliphatic rings. The molecule has 0 amide bonds. The zero-order chi connectivity index (χ0) is 24.6. The summed E-state index contributed by atoms with van der Waals surface area (Å²) in [5, 5.41) is 26.2. The third-order valence-corrected chi connectivity index (χ3v) is 6.92. The molecule has 0 bridgehead atoms. The highest BCUT2D eigenvalue weighted by atomic mass is 16.6. The lowest BCUT2D eigenvalue weighted by atomic mass is 10.0. The molecule has 0 saturated carbocycles. The van der Waals surface area contributed by atoms with E-state index in [0.29, 0.717) is 12.4 Å². The largest absolute Gasteiger partial charge is 0.388 e. The fourth-order valence-electron chi connectivity index (χ4n) is 4.97. The molecular weight excluding hydrogens is 456 g/mol. The van der Waals surface area contributed by atoms with Gasteiger partial charge in [0, 0.05) is 36.0 Å². The van der Waals surface area contributed by atoms with Crippen LogP contribution in [0.4, 0.5) is 11.5 Å². The van der Waals surface area contributed by atoms with Gasteiger partial charge in [0.05, 0.1) is 18.3 Å². The SMILES string of the molecule is C[C@H]1O[C@@H](n2cc(-c3ccccc3)c3c2N=CN(Nc2ccc(C4=NCCCN4)cc2)C3)[C@H](O)[C@@H]1O. The number of hydrogen-bond acceptors (Lipinski definition) is 8. The third kappa shape index (κ3) is 4.15. The summed E-state index contributed by atoms with van der Waals surface area (Å²) in [6, 6.07) is 18.3. The molecule has 6 rings (SSSR count). The summed E-state index contributed by atoms with van der Waals surface area (Å²) in [6.07, 6.45) is 1.62. The maximum Gasteiger partial charge on any atom is 0.164 e. The fourth-order valence-corrected chi connectivity index (χ4v) is 4.97. The van der Waals surface area contributed by atoms with Gasteiger partial charge in [0.1, 0.15) is 30.2 Å². The zero-order valence-corrected chi connectivity index (χ0v) is 20.1. The van der Waals surface area contributed by atoms with Crippen molar-refractivity contribution in [3.63, 3.8) is 0 Å². The molecule has 186 valence electrons. The predicted molar refractivity (Wildman–Crippen MR) is 139 cm³/mol. The highest BCUT2D eigenvalue weighted by Crippen LogP contribution is 2.41. The summed E-state index contributed by atoms with van der Waals surface area (Å²) in [6.45, 7) is 4.14. The highest BCUT2D eigenvalue weighted by Gasteiger charge is 2.42. The van der Waals surface area contributed by atoms with Crippen molar-refractivity contribution in [2.75, 3.05) is 18.5 Å². The molecular formula is C27H30N6O3. The van der Waals surface area contributed by atoms with Gasteiger partial charge in [-0.15, -0.1) is 0 Å². The third-order valence-electron chi connectivity index (χ3n) is 6.92. The number of nitrogens with zero attached hydrogens (tertiary/aromatic N) is 4. The molecule has 3 aromatic rings. The first-order valence-electron chi connectivity index (χ1n) is 12.4. The van der Waals surface area contributed by atoms with Crippen LogP contribution in [0.5, 0.6) is 0 Å². The van der Waals surface area contributed by atoms with E-state index in [2.05, 4.69) is 40.0 Å². The van der Waals surface area contributed by atoms with E-state index >= 15 is 0 Å². The Balaban J connectivity index is 1.28. The van der Waals surface area contributed by atoms with Crippen LogP contribution in [-0.4, -0.2) is 63.4 Å². The van der Waals surface area contributed by atoms with E-state index in [4.69, 9.17) is 9.73 Å². The lowest BCUT2D eigenvalue weighted by Gasteiger charge is -2.26. The quantitative estimate of drug-likeness (QED) is 0.442. The Labute approximate surface area is 209 Å². The first kappa shape index (κ1) is 22.8. The second-order valence-corrected chi connectivity index (χ2v) is 9.40. The topological polar surface area (TPSA) is 107 Å². The number of benzene rings is 2. The second-order valence-electron chi connectivity index (χ2n) is 9.40. The van der Waals surface area contributed by atoms with Gasteiger partial charge in [-0.2, -0.15) is 0 Å². The van der Waals surface area contributed by atoms with Crippen molar-refractivity contribution in [2.24, 2.45) is 9.98 Å². The summed E-state index contributed by atoms with van der Waals surface area (Å²) >= 11 is 0. The van der Waals surface area contributed by atoms with Gasteiger partial charge in [0.25, 0.3) is 0 Å². The van der Waals surface area contributed by atoms with Gasteiger partial charge >= 0.3 is 0 Å². The molecule has 0 radical (unpaired) electrons. The van der Waals surface area contributed by atoms with Gasteiger partial charge in [-0.05, 0) is 43.2 Å². The monoisotopic (exact) mass is 486 g/mol. The number of aliphatic imine (C=N–C) groups is 2. The molecule has 9 heteroatoms. The minimum atomic E-state index is -1.03. The first-order chi connectivity index (χ1) is 17.6. The van der Waals surface area contributed by atoms with Crippen molar-refractivity contribution in [3.05, 3.63) is 71.9 Å². The Hall–Kier alpha value is -3.66. The summed E-state index contributed by atoms with van der Waals surface area (Å²) in [5.74, 6) is 1.66. The number of anilines is 1. The molecule has 0 spiro atoms. The molecule has 1 saturated heterocycles. The normalized spacial score (nSPS) is 25.3. The van der Waals surface area contributed by atoms with Gasteiger partial charge in [-0.1, -0.05) is 30.3 Å². The van der Waals surface area contributed by atoms with E-state index < -0.39 is 24.5 Å². The average molecular weight is 487 g/mol. The number of aliphatic hydroxyl groups is 2. The zero-order valence-electron chi connectivity index (χ0n) is 20.1. The number of rotatable bonds is 5. The van der Waals surface area contributed by atoms with E-state index in [0.717, 1.165) is 53.3 Å². The van der Waals surface area contributed by atoms with Crippen molar-refractivity contribution in [1.29, 1.82) is 0 Å². The van der Waals surface area contributed by atoms with Crippen molar-refractivity contribution in [3.8, 4) is 11.1 Å². The van der Waals surface area contributed by atoms with Crippen LogP contribution < -0.4 is 10.7 Å². The smallest absolute Gasteiger partial charge is 0.164 e. The molecule has 9 nitrogen and oxygen atoms in total. The lowest BCUT2D eigenvalue weighted by molar-refractivity contribution is -0.0308. The minimum Gasteiger partial charge on any atom is -0.388 e. The standard InChI is InChI=1S/C27H30N6O3/c1-17-23(34)24(35)27(36-17)33-15-21(18-6-3-2-4-7-18)22-14-32(16-30-26(22)33)31-20-10-8-19(9-11-20)25-28-12-5-13-29-25/h2-4,6-11,15-17,23-24,27,31,34-35H,5,12-14H2,1H3,(H,28,29)/t17-,23-,24-,27-/m1/s1. The number of aromatic nitrogens is 1. The maximum absolute atomic E-state index is 10.6. The Morgan fingerprint density at radius 1 is 1.03 bits per heavy atom. The van der Waals surface area contributed by atoms with Crippen LogP contribution in [0.2, 0.25) is 0 Å². The number of nitrogens with one attached hydrogen (secondary N) is 2. The van der Waals surface area contributed by atoms with Crippen LogP contribution in [0, 0.1) is 0 Å². The Kier molecular flexibility index (Phi) is 5.96.